The molecule has 0 bridgehead atoms. The molecule has 0 aliphatic carbocycles. The SMILES string of the molecule is COc1ccccc1OCC(=O)Nc1ccnn1Cc1ccco1. The highest BCUT2D eigenvalue weighted by Gasteiger charge is 2.11. The summed E-state index contributed by atoms with van der Waals surface area (Å²) in [4.78, 5) is 12.1. The van der Waals surface area contributed by atoms with E-state index in [4.69, 9.17) is 13.9 Å². The van der Waals surface area contributed by atoms with Crippen molar-refractivity contribution in [2.75, 3.05) is 19.0 Å². The van der Waals surface area contributed by atoms with Crippen LogP contribution in [0.4, 0.5) is 5.82 Å². The Balaban J connectivity index is 1.58. The summed E-state index contributed by atoms with van der Waals surface area (Å²) in [6, 6.07) is 12.5. The van der Waals surface area contributed by atoms with Crippen molar-refractivity contribution in [1.29, 1.82) is 0 Å². The molecule has 1 N–H and O–H groups in total. The van der Waals surface area contributed by atoms with E-state index in [9.17, 15) is 4.79 Å². The van der Waals surface area contributed by atoms with Crippen molar-refractivity contribution < 1.29 is 18.7 Å². The number of ether oxygens (including phenoxy) is 2. The molecular formula is C17H17N3O4. The molecule has 2 aromatic heterocycles. The molecular weight excluding hydrogens is 310 g/mol. The van der Waals surface area contributed by atoms with Gasteiger partial charge in [-0.2, -0.15) is 5.10 Å². The first kappa shape index (κ1) is 15.7. The number of amides is 1. The molecule has 124 valence electrons. The van der Waals surface area contributed by atoms with Crippen molar-refractivity contribution in [2.24, 2.45) is 0 Å². The van der Waals surface area contributed by atoms with E-state index < -0.39 is 0 Å². The second-order valence-electron chi connectivity index (χ2n) is 4.94. The Labute approximate surface area is 138 Å². The highest BCUT2D eigenvalue weighted by Crippen LogP contribution is 2.25. The van der Waals surface area contributed by atoms with E-state index in [1.165, 1.54) is 0 Å². The Morgan fingerprint density at radius 2 is 2.04 bits per heavy atom. The average Bonchev–Trinajstić information content (AvgIpc) is 3.26. The van der Waals surface area contributed by atoms with E-state index in [-0.39, 0.29) is 12.5 Å². The molecule has 0 aliphatic rings. The van der Waals surface area contributed by atoms with E-state index >= 15 is 0 Å². The molecule has 24 heavy (non-hydrogen) atoms. The quantitative estimate of drug-likeness (QED) is 0.721. The summed E-state index contributed by atoms with van der Waals surface area (Å²) >= 11 is 0. The lowest BCUT2D eigenvalue weighted by atomic mass is 10.3. The Morgan fingerprint density at radius 3 is 2.79 bits per heavy atom. The minimum atomic E-state index is -0.290. The van der Waals surface area contributed by atoms with Crippen molar-refractivity contribution in [3.63, 3.8) is 0 Å². The molecule has 0 fully saturated rings. The number of hydrogen-bond donors (Lipinski definition) is 1. The fourth-order valence-electron chi connectivity index (χ4n) is 2.18. The third kappa shape index (κ3) is 3.75. The lowest BCUT2D eigenvalue weighted by Crippen LogP contribution is -2.22. The molecule has 0 aliphatic heterocycles. The number of rotatable bonds is 7. The fraction of sp³-hybridized carbons (Fsp3) is 0.176. The van der Waals surface area contributed by atoms with Crippen LogP contribution in [0.3, 0.4) is 0 Å². The molecule has 0 saturated heterocycles. The minimum absolute atomic E-state index is 0.133. The number of anilines is 1. The van der Waals surface area contributed by atoms with Crippen LogP contribution in [0, 0.1) is 0 Å². The average molecular weight is 327 g/mol. The van der Waals surface area contributed by atoms with Gasteiger partial charge in [0.25, 0.3) is 5.91 Å². The highest BCUT2D eigenvalue weighted by atomic mass is 16.5. The number of hydrogen-bond acceptors (Lipinski definition) is 5. The van der Waals surface area contributed by atoms with E-state index in [2.05, 4.69) is 10.4 Å². The molecule has 1 aromatic carbocycles. The van der Waals surface area contributed by atoms with Crippen molar-refractivity contribution in [3.05, 3.63) is 60.7 Å². The van der Waals surface area contributed by atoms with Gasteiger partial charge >= 0.3 is 0 Å². The van der Waals surface area contributed by atoms with Crippen LogP contribution in [0.5, 0.6) is 11.5 Å². The first-order valence-corrected chi connectivity index (χ1v) is 7.36. The zero-order valence-electron chi connectivity index (χ0n) is 13.1. The predicted octanol–water partition coefficient (Wildman–Crippen LogP) is 2.55. The Hall–Kier alpha value is -3.22. The molecule has 7 nitrogen and oxygen atoms in total. The van der Waals surface area contributed by atoms with Gasteiger partial charge in [-0.1, -0.05) is 12.1 Å². The van der Waals surface area contributed by atoms with Gasteiger partial charge in [0.05, 0.1) is 19.6 Å². The summed E-state index contributed by atoms with van der Waals surface area (Å²) in [6.45, 7) is 0.301. The van der Waals surface area contributed by atoms with Crippen LogP contribution >= 0.6 is 0 Å². The molecule has 0 atom stereocenters. The second kappa shape index (κ2) is 7.36. The Morgan fingerprint density at radius 1 is 1.21 bits per heavy atom. The van der Waals surface area contributed by atoms with Crippen LogP contribution in [0.15, 0.2) is 59.3 Å². The maximum absolute atomic E-state index is 12.1. The molecule has 7 heteroatoms. The zero-order chi connectivity index (χ0) is 16.8. The van der Waals surface area contributed by atoms with Crippen molar-refractivity contribution >= 4 is 11.7 Å². The van der Waals surface area contributed by atoms with Crippen molar-refractivity contribution in [2.45, 2.75) is 6.54 Å². The molecule has 3 rings (SSSR count). The second-order valence-corrected chi connectivity index (χ2v) is 4.94. The number of furan rings is 1. The van der Waals surface area contributed by atoms with Crippen LogP contribution in [0.1, 0.15) is 5.76 Å². The Kier molecular flexibility index (Phi) is 4.81. The van der Waals surface area contributed by atoms with E-state index in [1.807, 2.05) is 18.2 Å². The van der Waals surface area contributed by atoms with Gasteiger partial charge in [-0.3, -0.25) is 4.79 Å². The number of nitrogens with zero attached hydrogens (tertiary/aromatic N) is 2. The summed E-state index contributed by atoms with van der Waals surface area (Å²) in [5.41, 5.74) is 0. The van der Waals surface area contributed by atoms with Crippen LogP contribution in [-0.2, 0) is 11.3 Å². The summed E-state index contributed by atoms with van der Waals surface area (Å²) in [5.74, 6) is 2.12. The van der Waals surface area contributed by atoms with Crippen LogP contribution in [-0.4, -0.2) is 29.4 Å². The van der Waals surface area contributed by atoms with Gasteiger partial charge in [0.1, 0.15) is 18.1 Å². The summed E-state index contributed by atoms with van der Waals surface area (Å²) in [6.07, 6.45) is 3.21. The highest BCUT2D eigenvalue weighted by molar-refractivity contribution is 5.91. The smallest absolute Gasteiger partial charge is 0.263 e. The minimum Gasteiger partial charge on any atom is -0.493 e. The van der Waals surface area contributed by atoms with Gasteiger partial charge in [-0.25, -0.2) is 4.68 Å². The van der Waals surface area contributed by atoms with E-state index in [0.29, 0.717) is 23.9 Å². The molecule has 1 amide bonds. The van der Waals surface area contributed by atoms with Gasteiger partial charge in [-0.15, -0.1) is 0 Å². The summed E-state index contributed by atoms with van der Waals surface area (Å²) < 4.78 is 17.6. The first-order chi connectivity index (χ1) is 11.8. The van der Waals surface area contributed by atoms with Crippen molar-refractivity contribution in [3.8, 4) is 11.5 Å². The summed E-state index contributed by atoms with van der Waals surface area (Å²) in [7, 11) is 1.55. The van der Waals surface area contributed by atoms with Crippen LogP contribution in [0.2, 0.25) is 0 Å². The number of nitrogens with one attached hydrogen (secondary N) is 1. The standard InChI is InChI=1S/C17H17N3O4/c1-22-14-6-2-3-7-15(14)24-12-17(21)19-16-8-9-18-20(16)11-13-5-4-10-23-13/h2-10H,11-12H2,1H3,(H,19,21). The van der Waals surface area contributed by atoms with Gasteiger partial charge in [0, 0.05) is 6.07 Å². The third-order valence-electron chi connectivity index (χ3n) is 3.30. The van der Waals surface area contributed by atoms with Crippen LogP contribution in [0.25, 0.3) is 0 Å². The zero-order valence-corrected chi connectivity index (χ0v) is 13.1. The number of methoxy groups -OCH3 is 1. The summed E-state index contributed by atoms with van der Waals surface area (Å²) in [5, 5.41) is 6.94. The Bertz CT molecular complexity index is 796. The lowest BCUT2D eigenvalue weighted by molar-refractivity contribution is -0.118. The molecule has 0 saturated carbocycles. The lowest BCUT2D eigenvalue weighted by Gasteiger charge is -2.11. The maximum Gasteiger partial charge on any atom is 0.263 e. The maximum atomic E-state index is 12.1. The van der Waals surface area contributed by atoms with Gasteiger partial charge < -0.3 is 19.2 Å². The normalized spacial score (nSPS) is 10.4. The number of benzene rings is 1. The first-order valence-electron chi connectivity index (χ1n) is 7.36. The fourth-order valence-corrected chi connectivity index (χ4v) is 2.18. The topological polar surface area (TPSA) is 78.5 Å². The number of carbonyl (C=O) groups is 1. The van der Waals surface area contributed by atoms with Gasteiger partial charge in [0.2, 0.25) is 0 Å². The molecule has 0 radical (unpaired) electrons. The largest absolute Gasteiger partial charge is 0.493 e. The van der Waals surface area contributed by atoms with E-state index in [1.54, 1.807) is 48.5 Å². The monoisotopic (exact) mass is 327 g/mol. The predicted molar refractivity (Wildman–Crippen MR) is 87.2 cm³/mol. The molecule has 2 heterocycles. The third-order valence-corrected chi connectivity index (χ3v) is 3.30. The number of carbonyl (C=O) groups excluding carboxylic acids is 1. The molecule has 3 aromatic rings. The van der Waals surface area contributed by atoms with Gasteiger partial charge in [0.15, 0.2) is 18.1 Å². The van der Waals surface area contributed by atoms with Crippen molar-refractivity contribution in [1.82, 2.24) is 9.78 Å². The number of para-hydroxylation sites is 2. The molecule has 0 unspecified atom stereocenters. The molecule has 0 spiro atoms. The van der Waals surface area contributed by atoms with Gasteiger partial charge in [-0.05, 0) is 24.3 Å². The van der Waals surface area contributed by atoms with Crippen LogP contribution < -0.4 is 14.8 Å². The number of aromatic nitrogens is 2. The van der Waals surface area contributed by atoms with E-state index in [0.717, 1.165) is 5.76 Å².